The van der Waals surface area contributed by atoms with Crippen LogP contribution in [0, 0.1) is 5.82 Å². The number of para-hydroxylation sites is 1. The van der Waals surface area contributed by atoms with Crippen molar-refractivity contribution >= 4 is 22.0 Å². The van der Waals surface area contributed by atoms with Crippen LogP contribution in [-0.4, -0.2) is 36.2 Å². The number of hydrogen-bond acceptors (Lipinski definition) is 4. The van der Waals surface area contributed by atoms with Crippen molar-refractivity contribution in [2.24, 2.45) is 0 Å². The normalized spacial score (nSPS) is 17.9. The molecule has 3 N–H and O–H groups in total. The molecule has 2 aromatic carbocycles. The summed E-state index contributed by atoms with van der Waals surface area (Å²) >= 11 is 0. The molecule has 4 atom stereocenters. The molecule has 0 amide bonds. The van der Waals surface area contributed by atoms with Crippen molar-refractivity contribution < 1.29 is 40.2 Å². The maximum atomic E-state index is 14.2. The lowest BCUT2D eigenvalue weighted by molar-refractivity contribution is -0.0584. The molecular formula is C28H39F5N2O4S2. The highest BCUT2D eigenvalue weighted by Crippen LogP contribution is 2.44. The van der Waals surface area contributed by atoms with E-state index in [1.165, 1.54) is 18.2 Å². The molecule has 0 spiro atoms. The van der Waals surface area contributed by atoms with E-state index in [1.807, 2.05) is 20.8 Å². The summed E-state index contributed by atoms with van der Waals surface area (Å²) < 4.78 is 102. The molecule has 0 saturated heterocycles. The van der Waals surface area contributed by atoms with Crippen LogP contribution in [-0.2, 0) is 33.8 Å². The van der Waals surface area contributed by atoms with E-state index in [0.717, 1.165) is 6.07 Å². The average Bonchev–Trinajstić information content (AvgIpc) is 3.17. The quantitative estimate of drug-likeness (QED) is 0.300. The third-order valence-electron chi connectivity index (χ3n) is 6.07. The molecule has 3 rings (SSSR count). The van der Waals surface area contributed by atoms with Crippen molar-refractivity contribution in [3.63, 3.8) is 0 Å². The molecule has 13 heteroatoms. The Morgan fingerprint density at radius 2 is 1.37 bits per heavy atom. The molecule has 6 nitrogen and oxygen atoms in total. The Kier molecular flexibility index (Phi) is 11.3. The van der Waals surface area contributed by atoms with Crippen molar-refractivity contribution in [2.75, 3.05) is 13.2 Å². The highest BCUT2D eigenvalue weighted by atomic mass is 32.2. The van der Waals surface area contributed by atoms with Crippen LogP contribution < -0.4 is 14.2 Å². The van der Waals surface area contributed by atoms with Gasteiger partial charge < -0.3 is 9.84 Å². The van der Waals surface area contributed by atoms with Gasteiger partial charge in [-0.1, -0.05) is 24.3 Å². The van der Waals surface area contributed by atoms with E-state index >= 15 is 0 Å². The van der Waals surface area contributed by atoms with E-state index in [1.54, 1.807) is 46.8 Å². The second-order valence-electron chi connectivity index (χ2n) is 11.7. The summed E-state index contributed by atoms with van der Waals surface area (Å²) in [7, 11) is -2.74. The van der Waals surface area contributed by atoms with E-state index < -0.39 is 73.9 Å². The number of hydrogen-bond donors (Lipinski definition) is 3. The monoisotopic (exact) mass is 626 g/mol. The molecular weight excluding hydrogens is 587 g/mol. The molecule has 0 fully saturated rings. The minimum absolute atomic E-state index is 0.0155. The number of aliphatic hydroxyl groups is 1. The second-order valence-corrected chi connectivity index (χ2v) is 15.7. The van der Waals surface area contributed by atoms with Gasteiger partial charge >= 0.3 is 5.92 Å². The van der Waals surface area contributed by atoms with Gasteiger partial charge in [0.2, 0.25) is 0 Å². The van der Waals surface area contributed by atoms with Gasteiger partial charge in [0.05, 0.1) is 42.6 Å². The molecule has 0 radical (unpaired) electrons. The van der Waals surface area contributed by atoms with Crippen molar-refractivity contribution in [2.45, 2.75) is 88.8 Å². The number of fused-ring (bicyclic) bond motifs is 1. The fourth-order valence-electron chi connectivity index (χ4n) is 3.64. The van der Waals surface area contributed by atoms with Crippen LogP contribution in [0.15, 0.2) is 36.4 Å². The zero-order valence-corrected chi connectivity index (χ0v) is 26.0. The molecule has 1 aliphatic heterocycles. The van der Waals surface area contributed by atoms with Crippen LogP contribution in [0.2, 0.25) is 0 Å². The molecule has 0 aromatic heterocycles. The van der Waals surface area contributed by atoms with Gasteiger partial charge in [-0.3, -0.25) is 0 Å². The summed E-state index contributed by atoms with van der Waals surface area (Å²) in [5, 5.41) is 8.67. The predicted octanol–water partition coefficient (Wildman–Crippen LogP) is 6.31. The summed E-state index contributed by atoms with van der Waals surface area (Å²) in [5.41, 5.74) is -0.363. The highest BCUT2D eigenvalue weighted by Gasteiger charge is 2.43. The molecule has 41 heavy (non-hydrogen) atoms. The third kappa shape index (κ3) is 8.79. The summed E-state index contributed by atoms with van der Waals surface area (Å²) in [6.07, 6.45) is 0. The molecule has 0 bridgehead atoms. The Hall–Kier alpha value is -1.93. The van der Waals surface area contributed by atoms with Crippen molar-refractivity contribution in [3.05, 3.63) is 64.5 Å². The van der Waals surface area contributed by atoms with Gasteiger partial charge in [0.15, 0.2) is 6.61 Å². The SMILES string of the molecule is C[C@@H](N[S@](=O)C(C)(C)C)c1cccc(C(F)(F)CO)c1F.C[C@@H](N[S@](=O)C(C)(C)C)c1cccc2c1OCC2(F)F. The van der Waals surface area contributed by atoms with E-state index in [2.05, 4.69) is 9.44 Å². The molecule has 1 aliphatic rings. The van der Waals surface area contributed by atoms with E-state index in [0.29, 0.717) is 5.56 Å². The van der Waals surface area contributed by atoms with Crippen LogP contribution in [0.3, 0.4) is 0 Å². The topological polar surface area (TPSA) is 87.7 Å². The van der Waals surface area contributed by atoms with Crippen molar-refractivity contribution in [1.29, 1.82) is 0 Å². The number of ether oxygens (including phenoxy) is 1. The van der Waals surface area contributed by atoms with Gasteiger partial charge in [0.1, 0.15) is 18.2 Å². The van der Waals surface area contributed by atoms with Gasteiger partial charge in [-0.05, 0) is 67.5 Å². The van der Waals surface area contributed by atoms with E-state index in [9.17, 15) is 30.4 Å². The second kappa shape index (κ2) is 13.2. The molecule has 232 valence electrons. The molecule has 2 aromatic rings. The first-order valence-electron chi connectivity index (χ1n) is 12.9. The van der Waals surface area contributed by atoms with Gasteiger partial charge in [0, 0.05) is 23.2 Å². The molecule has 1 heterocycles. The first-order valence-corrected chi connectivity index (χ1v) is 15.2. The van der Waals surface area contributed by atoms with Crippen molar-refractivity contribution in [3.8, 4) is 5.75 Å². The number of rotatable bonds is 8. The fourth-order valence-corrected chi connectivity index (χ4v) is 5.24. The number of alkyl halides is 4. The summed E-state index contributed by atoms with van der Waals surface area (Å²) in [5.74, 6) is -7.48. The Morgan fingerprint density at radius 1 is 0.902 bits per heavy atom. The minimum atomic E-state index is -3.65. The van der Waals surface area contributed by atoms with E-state index in [-0.39, 0.29) is 22.9 Å². The summed E-state index contributed by atoms with van der Waals surface area (Å²) in [6, 6.07) is 7.20. The zero-order valence-electron chi connectivity index (χ0n) is 24.4. The van der Waals surface area contributed by atoms with Gasteiger partial charge in [-0.15, -0.1) is 0 Å². The summed E-state index contributed by atoms with van der Waals surface area (Å²) in [4.78, 5) is 0. The number of aliphatic hydroxyl groups excluding tert-OH is 1. The standard InChI is InChI=1S/C14H20F3NO2S.C14H19F2NO2S/c1-9(18-21(20)13(2,3)4)10-6-5-7-11(12(10)15)14(16,17)8-19;1-9(17-20(18)13(2,3)4)10-6-5-7-11-12(10)19-8-14(11,15)16/h5-7,9,18-19H,8H2,1-4H3;5-7,9,17H,8H2,1-4H3/t9-,21-;9-,20-/m11/s1. The Bertz CT molecular complexity index is 1260. The van der Waals surface area contributed by atoms with Crippen LogP contribution in [0.1, 0.15) is 89.7 Å². The van der Waals surface area contributed by atoms with Gasteiger partial charge in [-0.25, -0.2) is 22.3 Å². The fraction of sp³-hybridized carbons (Fsp3) is 0.571. The van der Waals surface area contributed by atoms with Gasteiger partial charge in [-0.2, -0.15) is 17.6 Å². The van der Waals surface area contributed by atoms with Crippen LogP contribution in [0.4, 0.5) is 22.0 Å². The average molecular weight is 627 g/mol. The maximum absolute atomic E-state index is 14.2. The molecule has 0 saturated carbocycles. The number of halogens is 5. The largest absolute Gasteiger partial charge is 0.486 e. The first-order chi connectivity index (χ1) is 18.6. The molecule has 0 unspecified atom stereocenters. The molecule has 0 aliphatic carbocycles. The Labute approximate surface area is 243 Å². The highest BCUT2D eigenvalue weighted by molar-refractivity contribution is 7.84. The van der Waals surface area contributed by atoms with Crippen LogP contribution in [0.5, 0.6) is 5.75 Å². The van der Waals surface area contributed by atoms with Crippen molar-refractivity contribution in [1.82, 2.24) is 9.44 Å². The number of nitrogens with one attached hydrogen (secondary N) is 2. The zero-order chi connectivity index (χ0) is 31.6. The van der Waals surface area contributed by atoms with Crippen LogP contribution >= 0.6 is 0 Å². The lowest BCUT2D eigenvalue weighted by Gasteiger charge is -2.23. The Balaban J connectivity index is 0.000000287. The Morgan fingerprint density at radius 3 is 1.85 bits per heavy atom. The maximum Gasteiger partial charge on any atom is 0.310 e. The smallest absolute Gasteiger partial charge is 0.310 e. The predicted molar refractivity (Wildman–Crippen MR) is 152 cm³/mol. The summed E-state index contributed by atoms with van der Waals surface area (Å²) in [6.45, 7) is 12.0. The van der Waals surface area contributed by atoms with E-state index in [4.69, 9.17) is 9.84 Å². The minimum Gasteiger partial charge on any atom is -0.486 e. The van der Waals surface area contributed by atoms with Gasteiger partial charge in [0.25, 0.3) is 5.92 Å². The lowest BCUT2D eigenvalue weighted by Crippen LogP contribution is -2.35. The third-order valence-corrected chi connectivity index (χ3v) is 9.43. The number of benzene rings is 2. The lowest BCUT2D eigenvalue weighted by atomic mass is 10.0. The first kappa shape index (κ1) is 35.3. The van der Waals surface area contributed by atoms with Crippen LogP contribution in [0.25, 0.3) is 0 Å².